The molecule has 0 spiro atoms. The summed E-state index contributed by atoms with van der Waals surface area (Å²) < 4.78 is 114. The quantitative estimate of drug-likeness (QED) is 0.132. The summed E-state index contributed by atoms with van der Waals surface area (Å²) >= 11 is 0. The van der Waals surface area contributed by atoms with Gasteiger partial charge in [0.25, 0.3) is 0 Å². The van der Waals surface area contributed by atoms with Crippen molar-refractivity contribution < 1.29 is 57.6 Å². The van der Waals surface area contributed by atoms with Crippen LogP contribution in [0.4, 0.5) is 0 Å². The first kappa shape index (κ1) is 56.7. The van der Waals surface area contributed by atoms with Crippen LogP contribution in [0.3, 0.4) is 0 Å². The lowest BCUT2D eigenvalue weighted by Crippen LogP contribution is -2.90. The van der Waals surface area contributed by atoms with Gasteiger partial charge in [-0.15, -0.1) is 0 Å². The van der Waals surface area contributed by atoms with Crippen LogP contribution >= 0.6 is 0 Å². The van der Waals surface area contributed by atoms with Gasteiger partial charge in [0.05, 0.1) is 0 Å². The SMILES string of the molecule is C[SiH2]O[Si]1(c2ccccc2)O[Si]2(c3ccccc3)O[Si](O[SiH2]C)(c3ccccc3)O[Si](c3ccccc3)(O1)O[Si]1(c3ccccc3)O[Si](O[SiH2]C)(c3ccccc3)O[Si](c3ccccc3)(O[Si](O[SiH](C)C)(c3ccccc3)O1)O2. The zero-order valence-corrected chi connectivity index (χ0v) is 57.9. The second-order valence-corrected chi connectivity index (χ2v) is 48.8. The molecule has 8 aromatic carbocycles. The standard InChI is InChI=1S/C53H62O14Si12/c1-68-54-72(46-30-14-6-15-31-46)58-76(50-38-22-10-23-39-50)60-73(55-69-2,47-32-16-7-17-33-47)61-77(59-72,51-40-24-11-25-41-51)67-79(53-44-28-13-29-45-53)63-74(56-70-3,48-34-18-8-19-35-48)62-78(66-76,52-42-26-12-27-43-52)64-75(65-79,57-71(4)5)49-36-20-9-21-37-49/h6-45,71H,68-70H2,1-5H3. The molecule has 12 rings (SSSR count). The number of benzene rings is 8. The van der Waals surface area contributed by atoms with Gasteiger partial charge in [-0.1, -0.05) is 262 Å². The lowest BCUT2D eigenvalue weighted by atomic mass is 10.4. The van der Waals surface area contributed by atoms with Gasteiger partial charge in [-0.05, 0) is 13.1 Å². The van der Waals surface area contributed by atoms with E-state index in [0.29, 0.717) is 41.5 Å². The van der Waals surface area contributed by atoms with Gasteiger partial charge in [-0.25, -0.2) is 0 Å². The molecule has 0 radical (unpaired) electrons. The van der Waals surface area contributed by atoms with Gasteiger partial charge in [0, 0.05) is 41.5 Å². The van der Waals surface area contributed by atoms with Crippen LogP contribution in [-0.4, -0.2) is 109 Å². The molecule has 4 aliphatic rings. The maximum Gasteiger partial charge on any atom is 0.515 e. The molecular formula is C53H62O14Si12. The first-order valence-corrected chi connectivity index (χ1v) is 49.1. The number of hydrogen-bond donors (Lipinski definition) is 0. The third-order valence-electron chi connectivity index (χ3n) is 13.1. The smallest absolute Gasteiger partial charge is 0.419 e. The van der Waals surface area contributed by atoms with Crippen LogP contribution in [0.5, 0.6) is 0 Å². The Morgan fingerprint density at radius 1 is 0.253 bits per heavy atom. The van der Waals surface area contributed by atoms with Crippen molar-refractivity contribution >= 4 is 150 Å². The monoisotopic (exact) mass is 1260 g/mol. The van der Waals surface area contributed by atoms with Crippen molar-refractivity contribution in [3.05, 3.63) is 243 Å². The van der Waals surface area contributed by atoms with Gasteiger partial charge in [0.2, 0.25) is 0 Å². The molecule has 4 saturated heterocycles. The van der Waals surface area contributed by atoms with E-state index in [0.717, 1.165) is 0 Å². The molecule has 14 nitrogen and oxygen atoms in total. The highest BCUT2D eigenvalue weighted by Crippen LogP contribution is 2.42. The Morgan fingerprint density at radius 3 is 0.620 bits per heavy atom. The summed E-state index contributed by atoms with van der Waals surface area (Å²) in [6.07, 6.45) is 0. The second kappa shape index (κ2) is 23.9. The Kier molecular flexibility index (Phi) is 17.2. The van der Waals surface area contributed by atoms with Crippen LogP contribution in [0.25, 0.3) is 0 Å². The van der Waals surface area contributed by atoms with E-state index in [1.165, 1.54) is 0 Å². The lowest BCUT2D eigenvalue weighted by Gasteiger charge is -2.57. The molecule has 79 heavy (non-hydrogen) atoms. The summed E-state index contributed by atoms with van der Waals surface area (Å²) in [6, 6.07) is 78.0. The third kappa shape index (κ3) is 11.1. The van der Waals surface area contributed by atoms with Crippen molar-refractivity contribution in [1.82, 2.24) is 0 Å². The molecule has 0 amide bonds. The van der Waals surface area contributed by atoms with Gasteiger partial charge in [0.1, 0.15) is 29.3 Å². The molecule has 2 unspecified atom stereocenters. The largest absolute Gasteiger partial charge is 0.515 e. The molecule has 26 heteroatoms. The van der Waals surface area contributed by atoms with Crippen LogP contribution in [0, 0.1) is 0 Å². The average molecular weight is 1260 g/mol. The maximum atomic E-state index is 8.55. The van der Waals surface area contributed by atoms with Crippen molar-refractivity contribution in [3.63, 3.8) is 0 Å². The molecule has 406 valence electrons. The van der Waals surface area contributed by atoms with Crippen LogP contribution in [0.2, 0.25) is 32.7 Å². The highest BCUT2D eigenvalue weighted by atomic mass is 28.6. The third-order valence-corrected chi connectivity index (χ3v) is 54.1. The topological polar surface area (TPSA) is 129 Å². The molecule has 4 fully saturated rings. The van der Waals surface area contributed by atoms with E-state index in [-0.39, 0.29) is 0 Å². The van der Waals surface area contributed by atoms with E-state index in [1.54, 1.807) is 0 Å². The summed E-state index contributed by atoms with van der Waals surface area (Å²) in [5, 5.41) is 4.62. The molecule has 8 aromatic rings. The van der Waals surface area contributed by atoms with Crippen molar-refractivity contribution in [2.75, 3.05) is 0 Å². The highest BCUT2D eigenvalue weighted by Gasteiger charge is 2.80. The molecule has 0 N–H and O–H groups in total. The van der Waals surface area contributed by atoms with E-state index in [1.807, 2.05) is 256 Å². The van der Waals surface area contributed by atoms with E-state index in [9.17, 15) is 0 Å². The predicted octanol–water partition coefficient (Wildman–Crippen LogP) is 2.41. The summed E-state index contributed by atoms with van der Waals surface area (Å²) in [6.45, 7) is 10.3. The zero-order chi connectivity index (χ0) is 54.5. The molecule has 2 atom stereocenters. The maximum absolute atomic E-state index is 8.55. The van der Waals surface area contributed by atoms with Crippen molar-refractivity contribution in [3.8, 4) is 0 Å². The minimum absolute atomic E-state index is 0.535. The Balaban J connectivity index is 1.41. The fourth-order valence-corrected chi connectivity index (χ4v) is 62.3. The van der Waals surface area contributed by atoms with Gasteiger partial charge < -0.3 is 57.6 Å². The van der Waals surface area contributed by atoms with E-state index < -0.39 is 109 Å². The number of rotatable bonds is 16. The average Bonchev–Trinajstić information content (AvgIpc) is 3.62. The Bertz CT molecular complexity index is 3060. The normalized spacial score (nSPS) is 30.4. The van der Waals surface area contributed by atoms with Crippen LogP contribution < -0.4 is 41.5 Å². The van der Waals surface area contributed by atoms with Crippen LogP contribution in [0.15, 0.2) is 243 Å². The Labute approximate surface area is 479 Å². The van der Waals surface area contributed by atoms with Crippen LogP contribution in [-0.2, 0) is 57.6 Å². The summed E-state index contributed by atoms with van der Waals surface area (Å²) in [5.41, 5.74) is 0. The Morgan fingerprint density at radius 2 is 0.430 bits per heavy atom. The fourth-order valence-electron chi connectivity index (χ4n) is 9.84. The molecule has 0 aromatic heterocycles. The van der Waals surface area contributed by atoms with Crippen LogP contribution in [0.1, 0.15) is 0 Å². The van der Waals surface area contributed by atoms with Gasteiger partial charge in [-0.2, -0.15) is 0 Å². The lowest BCUT2D eigenvalue weighted by molar-refractivity contribution is 0.0505. The minimum atomic E-state index is -5.06. The second-order valence-electron chi connectivity index (χ2n) is 18.9. The fraction of sp³-hybridized carbons (Fsp3) is 0.0943. The van der Waals surface area contributed by atoms with Crippen molar-refractivity contribution in [2.45, 2.75) is 32.7 Å². The molecule has 0 saturated carbocycles. The van der Waals surface area contributed by atoms with Gasteiger partial charge in [-0.3, -0.25) is 0 Å². The molecule has 4 bridgehead atoms. The first-order chi connectivity index (χ1) is 38.5. The van der Waals surface area contributed by atoms with E-state index >= 15 is 0 Å². The summed E-state index contributed by atoms with van der Waals surface area (Å²) in [7, 11) is -45.5. The zero-order valence-electron chi connectivity index (χ0n) is 44.5. The van der Waals surface area contributed by atoms with E-state index in [2.05, 4.69) is 19.6 Å². The summed E-state index contributed by atoms with van der Waals surface area (Å²) in [5.74, 6) is 0. The van der Waals surface area contributed by atoms with Crippen molar-refractivity contribution in [2.24, 2.45) is 0 Å². The highest BCUT2D eigenvalue weighted by molar-refractivity contribution is 7.10. The van der Waals surface area contributed by atoms with Gasteiger partial charge >= 0.3 is 70.4 Å². The Hall–Kier alpha value is -4.20. The number of fused-ring (bicyclic) bond motifs is 4. The molecule has 4 heterocycles. The van der Waals surface area contributed by atoms with E-state index in [4.69, 9.17) is 57.6 Å². The first-order valence-electron chi connectivity index (χ1n) is 26.6. The summed E-state index contributed by atoms with van der Waals surface area (Å²) in [4.78, 5) is 0. The molecule has 4 aliphatic heterocycles. The molecule has 0 aliphatic carbocycles. The van der Waals surface area contributed by atoms with Gasteiger partial charge in [0.15, 0.2) is 9.04 Å². The number of hydrogen-bond acceptors (Lipinski definition) is 14. The van der Waals surface area contributed by atoms with Crippen molar-refractivity contribution in [1.29, 1.82) is 0 Å². The minimum Gasteiger partial charge on any atom is -0.419 e. The molecular weight excluding hydrogens is 1200 g/mol. The predicted molar refractivity (Wildman–Crippen MR) is 332 cm³/mol.